The molecule has 0 spiro atoms. The van der Waals surface area contributed by atoms with Crippen molar-refractivity contribution in [2.24, 2.45) is 11.8 Å². The molecule has 0 bridgehead atoms. The summed E-state index contributed by atoms with van der Waals surface area (Å²) in [7, 11) is 0. The molecule has 0 aliphatic heterocycles. The number of anilines is 1. The lowest BCUT2D eigenvalue weighted by atomic mass is 10.2. The second kappa shape index (κ2) is 6.56. The molecule has 1 aromatic rings. The molecule has 0 saturated carbocycles. The van der Waals surface area contributed by atoms with Gasteiger partial charge in [0.15, 0.2) is 0 Å². The molecule has 1 aromatic heterocycles. The van der Waals surface area contributed by atoms with Crippen molar-refractivity contribution in [2.45, 2.75) is 27.7 Å². The van der Waals surface area contributed by atoms with Crippen molar-refractivity contribution in [1.29, 1.82) is 0 Å². The Morgan fingerprint density at radius 2 is 2.00 bits per heavy atom. The van der Waals surface area contributed by atoms with Crippen LogP contribution in [0.5, 0.6) is 0 Å². The Morgan fingerprint density at radius 3 is 2.36 bits per heavy atom. The van der Waals surface area contributed by atoms with Gasteiger partial charge in [0, 0.05) is 6.54 Å². The highest BCUT2D eigenvalue weighted by atomic mass is 32.1. The van der Waals surface area contributed by atoms with Crippen LogP contribution in [0.3, 0.4) is 0 Å². The predicted octanol–water partition coefficient (Wildman–Crippen LogP) is 1.83. The quantitative estimate of drug-likeness (QED) is 0.410. The van der Waals surface area contributed by atoms with Crippen LogP contribution in [0.25, 0.3) is 0 Å². The molecule has 0 amide bonds. The lowest BCUT2D eigenvalue weighted by molar-refractivity contribution is 0.612. The number of nitrogens with one attached hydrogen (secondary N) is 2. The summed E-state index contributed by atoms with van der Waals surface area (Å²) in [6, 6.07) is 0. The maximum Gasteiger partial charge on any atom is 0.234 e. The minimum Gasteiger partial charge on any atom is -0.279 e. The second-order valence-electron chi connectivity index (χ2n) is 3.04. The van der Waals surface area contributed by atoms with Crippen LogP contribution in [0.15, 0.2) is 0 Å². The minimum atomic E-state index is 0.421. The first-order valence-electron chi connectivity index (χ1n) is 4.76. The fraction of sp³-hybridized carbons (Fsp3) is 0.750. The molecule has 0 aromatic carbocycles. The number of aromatic nitrogens is 3. The monoisotopic (exact) mass is 217 g/mol. The third kappa shape index (κ3) is 4.38. The van der Waals surface area contributed by atoms with Crippen LogP contribution in [-0.2, 0) is 0 Å². The Balaban J connectivity index is 0.000000791. The standard InChI is InChI=1S/C6H13N5S.C2H6/c1-4(2)3-11(7)5-8-6(12)10-9-5;1-2/h4H,3,7H2,1-2H3,(H2,8,9,10,12);1-2H3. The van der Waals surface area contributed by atoms with Crippen molar-refractivity contribution in [3.05, 3.63) is 4.77 Å². The van der Waals surface area contributed by atoms with Gasteiger partial charge in [-0.1, -0.05) is 27.7 Å². The smallest absolute Gasteiger partial charge is 0.234 e. The lowest BCUT2D eigenvalue weighted by Crippen LogP contribution is -2.35. The van der Waals surface area contributed by atoms with Gasteiger partial charge in [0.05, 0.1) is 0 Å². The van der Waals surface area contributed by atoms with Gasteiger partial charge in [0.1, 0.15) is 0 Å². The van der Waals surface area contributed by atoms with Crippen LogP contribution in [-0.4, -0.2) is 21.7 Å². The molecule has 0 unspecified atom stereocenters. The Hall–Kier alpha value is -0.880. The predicted molar refractivity (Wildman–Crippen MR) is 61.5 cm³/mol. The summed E-state index contributed by atoms with van der Waals surface area (Å²) in [5.41, 5.74) is 0. The molecule has 0 atom stereocenters. The summed E-state index contributed by atoms with van der Waals surface area (Å²) in [4.78, 5) is 3.97. The van der Waals surface area contributed by atoms with E-state index in [1.54, 1.807) is 0 Å². The molecule has 0 fully saturated rings. The number of rotatable bonds is 3. The van der Waals surface area contributed by atoms with Crippen molar-refractivity contribution in [2.75, 3.05) is 11.6 Å². The molecule has 5 nitrogen and oxygen atoms in total. The molecule has 6 heteroatoms. The van der Waals surface area contributed by atoms with Gasteiger partial charge in [-0.15, -0.1) is 0 Å². The molecule has 0 aliphatic carbocycles. The molecule has 1 heterocycles. The van der Waals surface area contributed by atoms with Gasteiger partial charge in [-0.05, 0) is 18.1 Å². The van der Waals surface area contributed by atoms with Crippen LogP contribution < -0.4 is 10.9 Å². The number of hydrazine groups is 1. The van der Waals surface area contributed by atoms with E-state index in [4.69, 9.17) is 18.1 Å². The summed E-state index contributed by atoms with van der Waals surface area (Å²) in [6.45, 7) is 8.92. The van der Waals surface area contributed by atoms with Gasteiger partial charge in [-0.25, -0.2) is 5.84 Å². The molecular formula is C8H19N5S. The van der Waals surface area contributed by atoms with Gasteiger partial charge in [-0.3, -0.25) is 15.2 Å². The Bertz CT molecular complexity index is 290. The van der Waals surface area contributed by atoms with Crippen molar-refractivity contribution < 1.29 is 0 Å². The van der Waals surface area contributed by atoms with Crippen LogP contribution in [0.1, 0.15) is 27.7 Å². The molecular weight excluding hydrogens is 198 g/mol. The first-order valence-corrected chi connectivity index (χ1v) is 5.17. The zero-order valence-electron chi connectivity index (χ0n) is 9.16. The maximum atomic E-state index is 5.68. The first-order chi connectivity index (χ1) is 6.59. The zero-order valence-corrected chi connectivity index (χ0v) is 9.98. The summed E-state index contributed by atoms with van der Waals surface area (Å²) in [5.74, 6) is 6.75. The van der Waals surface area contributed by atoms with Crippen LogP contribution in [0.2, 0.25) is 0 Å². The minimum absolute atomic E-state index is 0.421. The van der Waals surface area contributed by atoms with E-state index in [1.165, 1.54) is 5.01 Å². The van der Waals surface area contributed by atoms with Crippen molar-refractivity contribution in [1.82, 2.24) is 15.2 Å². The number of aromatic amines is 2. The van der Waals surface area contributed by atoms with E-state index >= 15 is 0 Å². The van der Waals surface area contributed by atoms with Gasteiger partial charge < -0.3 is 0 Å². The molecule has 14 heavy (non-hydrogen) atoms. The third-order valence-electron chi connectivity index (χ3n) is 1.32. The molecule has 82 valence electrons. The summed E-state index contributed by atoms with van der Waals surface area (Å²) < 4.78 is 0.421. The van der Waals surface area contributed by atoms with Gasteiger partial charge in [0.2, 0.25) is 10.7 Å². The highest BCUT2D eigenvalue weighted by molar-refractivity contribution is 7.71. The number of hydrogen-bond donors (Lipinski definition) is 3. The largest absolute Gasteiger partial charge is 0.279 e. The number of hydrogen-bond acceptors (Lipinski definition) is 4. The Kier molecular flexibility index (Phi) is 6.14. The molecule has 0 aliphatic rings. The maximum absolute atomic E-state index is 5.68. The normalized spacial score (nSPS) is 9.57. The third-order valence-corrected chi connectivity index (χ3v) is 1.52. The van der Waals surface area contributed by atoms with Gasteiger partial charge in [-0.2, -0.15) is 4.98 Å². The number of H-pyrrole nitrogens is 2. The highest BCUT2D eigenvalue weighted by Crippen LogP contribution is 2.02. The molecule has 0 radical (unpaired) electrons. The first kappa shape index (κ1) is 13.1. The fourth-order valence-electron chi connectivity index (χ4n) is 0.877. The van der Waals surface area contributed by atoms with E-state index in [-0.39, 0.29) is 0 Å². The van der Waals surface area contributed by atoms with Crippen molar-refractivity contribution >= 4 is 18.2 Å². The van der Waals surface area contributed by atoms with E-state index in [9.17, 15) is 0 Å². The SMILES string of the molecule is CC.CC(C)CN(N)c1nc(=S)[nH][nH]1. The number of nitrogens with two attached hydrogens (primary N) is 1. The van der Waals surface area contributed by atoms with Crippen LogP contribution in [0.4, 0.5) is 5.95 Å². The zero-order chi connectivity index (χ0) is 11.1. The summed E-state index contributed by atoms with van der Waals surface area (Å²) in [6.07, 6.45) is 0. The van der Waals surface area contributed by atoms with E-state index < -0.39 is 0 Å². The second-order valence-corrected chi connectivity index (χ2v) is 3.42. The fourth-order valence-corrected chi connectivity index (χ4v) is 1.01. The van der Waals surface area contributed by atoms with Crippen LogP contribution >= 0.6 is 12.2 Å². The Morgan fingerprint density at radius 1 is 1.43 bits per heavy atom. The summed E-state index contributed by atoms with van der Waals surface area (Å²) in [5, 5.41) is 6.99. The van der Waals surface area contributed by atoms with E-state index in [0.717, 1.165) is 6.54 Å². The van der Waals surface area contributed by atoms with Crippen LogP contribution in [0, 0.1) is 10.7 Å². The summed E-state index contributed by atoms with van der Waals surface area (Å²) >= 11 is 4.79. The average Bonchev–Trinajstić information content (AvgIpc) is 2.54. The lowest BCUT2D eigenvalue weighted by Gasteiger charge is -2.16. The highest BCUT2D eigenvalue weighted by Gasteiger charge is 2.05. The van der Waals surface area contributed by atoms with Crippen molar-refractivity contribution in [3.63, 3.8) is 0 Å². The van der Waals surface area contributed by atoms with E-state index in [1.807, 2.05) is 13.8 Å². The van der Waals surface area contributed by atoms with E-state index in [0.29, 0.717) is 16.6 Å². The van der Waals surface area contributed by atoms with Gasteiger partial charge in [0.25, 0.3) is 0 Å². The number of nitrogens with zero attached hydrogens (tertiary/aromatic N) is 2. The molecule has 4 N–H and O–H groups in total. The molecule has 0 saturated heterocycles. The molecule has 1 rings (SSSR count). The van der Waals surface area contributed by atoms with E-state index in [2.05, 4.69) is 29.0 Å². The Labute approximate surface area is 89.7 Å². The topological polar surface area (TPSA) is 73.7 Å². The van der Waals surface area contributed by atoms with Crippen molar-refractivity contribution in [3.8, 4) is 0 Å². The average molecular weight is 217 g/mol. The van der Waals surface area contributed by atoms with Gasteiger partial charge >= 0.3 is 0 Å².